The summed E-state index contributed by atoms with van der Waals surface area (Å²) in [7, 11) is 0. The molecule has 0 amide bonds. The maximum Gasteiger partial charge on any atom is 0.343 e. The summed E-state index contributed by atoms with van der Waals surface area (Å²) >= 11 is 3.43. The fourth-order valence-electron chi connectivity index (χ4n) is 2.67. The fourth-order valence-corrected chi connectivity index (χ4v) is 3.16. The number of benzene rings is 3. The summed E-state index contributed by atoms with van der Waals surface area (Å²) in [6.45, 7) is 2.73. The number of carbonyl (C=O) groups excluding carboxylic acids is 2. The predicted molar refractivity (Wildman–Crippen MR) is 116 cm³/mol. The fraction of sp³-hybridized carbons (Fsp3) is 0.167. The highest BCUT2D eigenvalue weighted by Crippen LogP contribution is 2.27. The van der Waals surface area contributed by atoms with Gasteiger partial charge in [0.25, 0.3) is 0 Å². The van der Waals surface area contributed by atoms with Gasteiger partial charge in [0.1, 0.15) is 11.5 Å². The van der Waals surface area contributed by atoms with Crippen molar-refractivity contribution >= 4 is 27.7 Å². The second-order valence-corrected chi connectivity index (χ2v) is 7.31. The Balaban J connectivity index is 1.65. The van der Waals surface area contributed by atoms with Crippen LogP contribution in [0, 0.1) is 0 Å². The number of rotatable bonds is 8. The third-order valence-electron chi connectivity index (χ3n) is 4.29. The third-order valence-corrected chi connectivity index (χ3v) is 4.91. The lowest BCUT2D eigenvalue weighted by Gasteiger charge is -2.10. The van der Waals surface area contributed by atoms with E-state index < -0.39 is 5.97 Å². The van der Waals surface area contributed by atoms with E-state index in [-0.39, 0.29) is 5.78 Å². The van der Waals surface area contributed by atoms with Gasteiger partial charge in [0.05, 0.1) is 16.6 Å². The van der Waals surface area contributed by atoms with Gasteiger partial charge >= 0.3 is 5.97 Å². The molecular weight excluding hydrogens is 432 g/mol. The van der Waals surface area contributed by atoms with Gasteiger partial charge < -0.3 is 9.47 Å². The first-order valence-corrected chi connectivity index (χ1v) is 10.2. The van der Waals surface area contributed by atoms with Crippen molar-refractivity contribution in [3.8, 4) is 11.5 Å². The molecule has 0 atom stereocenters. The lowest BCUT2D eigenvalue weighted by molar-refractivity contribution is 0.0734. The van der Waals surface area contributed by atoms with Gasteiger partial charge in [-0.1, -0.05) is 43.7 Å². The average Bonchev–Trinajstić information content (AvgIpc) is 2.75. The van der Waals surface area contributed by atoms with Crippen molar-refractivity contribution in [2.24, 2.45) is 0 Å². The van der Waals surface area contributed by atoms with Crippen LogP contribution in [0.2, 0.25) is 0 Å². The zero-order valence-electron chi connectivity index (χ0n) is 16.1. The zero-order valence-corrected chi connectivity index (χ0v) is 17.6. The Morgan fingerprint density at radius 1 is 0.862 bits per heavy atom. The summed E-state index contributed by atoms with van der Waals surface area (Å²) in [6, 6.07) is 20.7. The second kappa shape index (κ2) is 10.0. The van der Waals surface area contributed by atoms with Gasteiger partial charge in [-0.15, -0.1) is 0 Å². The van der Waals surface area contributed by atoms with Crippen LogP contribution in [0.5, 0.6) is 11.5 Å². The standard InChI is InChI=1S/C24H21BrO4/c1-2-3-15-28-22-14-11-19(16-21(22)25)24(27)29-20-12-9-18(10-13-20)23(26)17-7-5-4-6-8-17/h4-14,16H,2-3,15H2,1H3. The van der Waals surface area contributed by atoms with Crippen molar-refractivity contribution in [2.75, 3.05) is 6.61 Å². The van der Waals surface area contributed by atoms with Gasteiger partial charge in [-0.3, -0.25) is 4.79 Å². The van der Waals surface area contributed by atoms with Gasteiger partial charge in [0, 0.05) is 11.1 Å². The number of carbonyl (C=O) groups is 2. The molecule has 0 unspecified atom stereocenters. The quantitative estimate of drug-likeness (QED) is 0.180. The van der Waals surface area contributed by atoms with Crippen LogP contribution in [-0.4, -0.2) is 18.4 Å². The minimum Gasteiger partial charge on any atom is -0.492 e. The van der Waals surface area contributed by atoms with Gasteiger partial charge in [-0.25, -0.2) is 4.79 Å². The Hall–Kier alpha value is -2.92. The van der Waals surface area contributed by atoms with E-state index >= 15 is 0 Å². The Labute approximate surface area is 178 Å². The second-order valence-electron chi connectivity index (χ2n) is 6.46. The molecule has 0 bridgehead atoms. The summed E-state index contributed by atoms with van der Waals surface area (Å²) in [5.41, 5.74) is 1.56. The van der Waals surface area contributed by atoms with Crippen LogP contribution in [-0.2, 0) is 0 Å². The number of halogens is 1. The van der Waals surface area contributed by atoms with Crippen LogP contribution >= 0.6 is 15.9 Å². The van der Waals surface area contributed by atoms with Gasteiger partial charge in [-0.2, -0.15) is 0 Å². The van der Waals surface area contributed by atoms with E-state index in [1.165, 1.54) is 0 Å². The van der Waals surface area contributed by atoms with Crippen LogP contribution in [0.15, 0.2) is 77.3 Å². The Morgan fingerprint density at radius 3 is 2.17 bits per heavy atom. The van der Waals surface area contributed by atoms with E-state index in [1.54, 1.807) is 54.6 Å². The SMILES string of the molecule is CCCCOc1ccc(C(=O)Oc2ccc(C(=O)c3ccccc3)cc2)cc1Br. The minimum atomic E-state index is -0.479. The summed E-state index contributed by atoms with van der Waals surface area (Å²) < 4.78 is 11.8. The average molecular weight is 453 g/mol. The number of esters is 1. The molecular formula is C24H21BrO4. The molecule has 29 heavy (non-hydrogen) atoms. The lowest BCUT2D eigenvalue weighted by atomic mass is 10.0. The molecule has 4 nitrogen and oxygen atoms in total. The molecule has 3 aromatic rings. The number of hydrogen-bond donors (Lipinski definition) is 0. The molecule has 0 aliphatic rings. The third kappa shape index (κ3) is 5.55. The molecule has 0 heterocycles. The van der Waals surface area contributed by atoms with Crippen LogP contribution in [0.25, 0.3) is 0 Å². The van der Waals surface area contributed by atoms with Gasteiger partial charge in [-0.05, 0) is 64.8 Å². The van der Waals surface area contributed by atoms with E-state index in [4.69, 9.17) is 9.47 Å². The van der Waals surface area contributed by atoms with E-state index in [0.29, 0.717) is 39.3 Å². The Morgan fingerprint density at radius 2 is 1.52 bits per heavy atom. The summed E-state index contributed by atoms with van der Waals surface area (Å²) in [4.78, 5) is 24.9. The normalized spacial score (nSPS) is 10.4. The summed E-state index contributed by atoms with van der Waals surface area (Å²) in [6.07, 6.45) is 2.02. The molecule has 0 spiro atoms. The molecule has 148 valence electrons. The highest BCUT2D eigenvalue weighted by Gasteiger charge is 2.13. The molecule has 0 N–H and O–H groups in total. The van der Waals surface area contributed by atoms with Crippen molar-refractivity contribution in [1.29, 1.82) is 0 Å². The largest absolute Gasteiger partial charge is 0.492 e. The zero-order chi connectivity index (χ0) is 20.6. The van der Waals surface area contributed by atoms with E-state index in [1.807, 2.05) is 18.2 Å². The van der Waals surface area contributed by atoms with Crippen molar-refractivity contribution in [2.45, 2.75) is 19.8 Å². The first kappa shape index (κ1) is 20.8. The molecule has 5 heteroatoms. The molecule has 0 aliphatic carbocycles. The van der Waals surface area contributed by atoms with Crippen LogP contribution < -0.4 is 9.47 Å². The maximum absolute atomic E-state index is 12.4. The van der Waals surface area contributed by atoms with E-state index in [2.05, 4.69) is 22.9 Å². The highest BCUT2D eigenvalue weighted by molar-refractivity contribution is 9.10. The monoisotopic (exact) mass is 452 g/mol. The smallest absolute Gasteiger partial charge is 0.343 e. The van der Waals surface area contributed by atoms with Crippen molar-refractivity contribution in [3.05, 3.63) is 94.0 Å². The van der Waals surface area contributed by atoms with Crippen LogP contribution in [0.3, 0.4) is 0 Å². The summed E-state index contributed by atoms with van der Waals surface area (Å²) in [5, 5.41) is 0. The topological polar surface area (TPSA) is 52.6 Å². The molecule has 3 rings (SSSR count). The summed E-state index contributed by atoms with van der Waals surface area (Å²) in [5.74, 6) is 0.511. The molecule has 0 fully saturated rings. The predicted octanol–water partition coefficient (Wildman–Crippen LogP) is 6.08. The first-order chi connectivity index (χ1) is 14.1. The molecule has 0 aliphatic heterocycles. The lowest BCUT2D eigenvalue weighted by Crippen LogP contribution is -2.09. The van der Waals surface area contributed by atoms with Crippen molar-refractivity contribution in [1.82, 2.24) is 0 Å². The van der Waals surface area contributed by atoms with E-state index in [9.17, 15) is 9.59 Å². The number of unbranched alkanes of at least 4 members (excludes halogenated alkanes) is 1. The molecule has 0 radical (unpaired) electrons. The number of hydrogen-bond acceptors (Lipinski definition) is 4. The molecule has 0 aromatic heterocycles. The van der Waals surface area contributed by atoms with Crippen LogP contribution in [0.1, 0.15) is 46.0 Å². The van der Waals surface area contributed by atoms with Crippen molar-refractivity contribution < 1.29 is 19.1 Å². The number of ether oxygens (including phenoxy) is 2. The number of ketones is 1. The molecule has 0 saturated carbocycles. The maximum atomic E-state index is 12.4. The Bertz CT molecular complexity index is 982. The van der Waals surface area contributed by atoms with Gasteiger partial charge in [0.15, 0.2) is 5.78 Å². The van der Waals surface area contributed by atoms with Crippen LogP contribution in [0.4, 0.5) is 0 Å². The first-order valence-electron chi connectivity index (χ1n) is 9.43. The van der Waals surface area contributed by atoms with Crippen molar-refractivity contribution in [3.63, 3.8) is 0 Å². The minimum absolute atomic E-state index is 0.0777. The molecule has 0 saturated heterocycles. The Kier molecular flexibility index (Phi) is 7.19. The molecule has 3 aromatic carbocycles. The van der Waals surface area contributed by atoms with Gasteiger partial charge in [0.2, 0.25) is 0 Å². The highest BCUT2D eigenvalue weighted by atomic mass is 79.9. The van der Waals surface area contributed by atoms with E-state index in [0.717, 1.165) is 12.8 Å².